The zero-order valence-corrected chi connectivity index (χ0v) is 17.9. The molecule has 0 aromatic heterocycles. The molecule has 0 saturated carbocycles. The minimum atomic E-state index is -3.57. The van der Waals surface area contributed by atoms with Gasteiger partial charge in [-0.25, -0.2) is 12.8 Å². The van der Waals surface area contributed by atoms with Gasteiger partial charge < -0.3 is 10.6 Å². The van der Waals surface area contributed by atoms with E-state index in [9.17, 15) is 22.4 Å². The summed E-state index contributed by atoms with van der Waals surface area (Å²) in [6.45, 7) is 3.13. The van der Waals surface area contributed by atoms with Crippen LogP contribution < -0.4 is 10.6 Å². The third kappa shape index (κ3) is 4.47. The van der Waals surface area contributed by atoms with E-state index in [1.54, 1.807) is 0 Å². The molecular formula is C22H24FN3O4S. The van der Waals surface area contributed by atoms with Gasteiger partial charge in [0.25, 0.3) is 0 Å². The van der Waals surface area contributed by atoms with Gasteiger partial charge in [-0.2, -0.15) is 4.31 Å². The molecule has 1 saturated heterocycles. The lowest BCUT2D eigenvalue weighted by molar-refractivity contribution is -0.123. The fourth-order valence-electron chi connectivity index (χ4n) is 3.99. The Balaban J connectivity index is 1.48. The SMILES string of the molecule is CC1CCN(S(=O)(=O)c2ccc(NC(=O)C3CC(=O)Nc4cc(F)ccc43)cc2)CC1. The molecular weight excluding hydrogens is 421 g/mol. The van der Waals surface area contributed by atoms with Crippen molar-refractivity contribution in [3.05, 3.63) is 53.8 Å². The fourth-order valence-corrected chi connectivity index (χ4v) is 5.45. The number of sulfonamides is 1. The first-order chi connectivity index (χ1) is 14.7. The molecule has 2 aromatic carbocycles. The smallest absolute Gasteiger partial charge is 0.243 e. The van der Waals surface area contributed by atoms with E-state index >= 15 is 0 Å². The van der Waals surface area contributed by atoms with Gasteiger partial charge in [0, 0.05) is 30.9 Å². The number of hydrogen-bond acceptors (Lipinski definition) is 4. The van der Waals surface area contributed by atoms with E-state index in [4.69, 9.17) is 0 Å². The summed E-state index contributed by atoms with van der Waals surface area (Å²) >= 11 is 0. The average molecular weight is 446 g/mol. The average Bonchev–Trinajstić information content (AvgIpc) is 2.73. The van der Waals surface area contributed by atoms with Crippen LogP contribution in [-0.2, 0) is 19.6 Å². The highest BCUT2D eigenvalue weighted by molar-refractivity contribution is 7.89. The number of piperidine rings is 1. The largest absolute Gasteiger partial charge is 0.326 e. The molecule has 2 aliphatic heterocycles. The van der Waals surface area contributed by atoms with Gasteiger partial charge in [0.15, 0.2) is 0 Å². The Bertz CT molecular complexity index is 1110. The van der Waals surface area contributed by atoms with Gasteiger partial charge in [-0.15, -0.1) is 0 Å². The molecule has 164 valence electrons. The van der Waals surface area contributed by atoms with Crippen LogP contribution in [0.25, 0.3) is 0 Å². The molecule has 0 bridgehead atoms. The maximum Gasteiger partial charge on any atom is 0.243 e. The summed E-state index contributed by atoms with van der Waals surface area (Å²) in [4.78, 5) is 24.9. The molecule has 9 heteroatoms. The van der Waals surface area contributed by atoms with E-state index in [-0.39, 0.29) is 22.9 Å². The second kappa shape index (κ2) is 8.39. The van der Waals surface area contributed by atoms with Crippen LogP contribution in [0.2, 0.25) is 0 Å². The van der Waals surface area contributed by atoms with Crippen LogP contribution in [-0.4, -0.2) is 37.6 Å². The Labute approximate surface area is 180 Å². The summed E-state index contributed by atoms with van der Waals surface area (Å²) in [5, 5.41) is 5.31. The highest BCUT2D eigenvalue weighted by Crippen LogP contribution is 2.34. The molecule has 1 unspecified atom stereocenters. The van der Waals surface area contributed by atoms with E-state index in [0.717, 1.165) is 12.8 Å². The van der Waals surface area contributed by atoms with Gasteiger partial charge in [0.1, 0.15) is 5.82 Å². The molecule has 7 nitrogen and oxygen atoms in total. The number of amides is 2. The lowest BCUT2D eigenvalue weighted by Crippen LogP contribution is -2.37. The maximum atomic E-state index is 13.5. The van der Waals surface area contributed by atoms with Crippen LogP contribution in [0, 0.1) is 11.7 Å². The van der Waals surface area contributed by atoms with E-state index in [1.165, 1.54) is 46.8 Å². The number of halogens is 1. The Kier molecular flexibility index (Phi) is 5.81. The fraction of sp³-hybridized carbons (Fsp3) is 0.364. The van der Waals surface area contributed by atoms with Crippen molar-refractivity contribution in [2.45, 2.75) is 37.0 Å². The number of nitrogens with one attached hydrogen (secondary N) is 2. The zero-order valence-electron chi connectivity index (χ0n) is 17.1. The molecule has 0 aliphatic carbocycles. The zero-order chi connectivity index (χ0) is 22.2. The predicted molar refractivity (Wildman–Crippen MR) is 115 cm³/mol. The monoisotopic (exact) mass is 445 g/mol. The van der Waals surface area contributed by atoms with E-state index in [0.29, 0.717) is 30.3 Å². The van der Waals surface area contributed by atoms with Crippen LogP contribution in [0.5, 0.6) is 0 Å². The van der Waals surface area contributed by atoms with Gasteiger partial charge in [0.2, 0.25) is 21.8 Å². The lowest BCUT2D eigenvalue weighted by atomic mass is 9.89. The summed E-state index contributed by atoms with van der Waals surface area (Å²) < 4.78 is 40.7. The topological polar surface area (TPSA) is 95.6 Å². The van der Waals surface area contributed by atoms with Crippen molar-refractivity contribution in [2.75, 3.05) is 23.7 Å². The number of anilines is 2. The Morgan fingerprint density at radius 1 is 1.13 bits per heavy atom. The standard InChI is InChI=1S/C22H24FN3O4S/c1-14-8-10-26(11-9-14)31(29,30)17-5-3-16(4-6-17)24-22(28)19-13-21(27)25-20-12-15(23)2-7-18(19)20/h2-7,12,14,19H,8-11,13H2,1H3,(H,24,28)(H,25,27). The molecule has 0 spiro atoms. The molecule has 2 N–H and O–H groups in total. The van der Waals surface area contributed by atoms with Crippen molar-refractivity contribution in [2.24, 2.45) is 5.92 Å². The number of hydrogen-bond donors (Lipinski definition) is 2. The van der Waals surface area contributed by atoms with Gasteiger partial charge in [-0.3, -0.25) is 9.59 Å². The van der Waals surface area contributed by atoms with Crippen molar-refractivity contribution < 1.29 is 22.4 Å². The summed E-state index contributed by atoms with van der Waals surface area (Å²) in [5.74, 6) is -1.52. The molecule has 4 rings (SSSR count). The maximum absolute atomic E-state index is 13.5. The Morgan fingerprint density at radius 2 is 1.81 bits per heavy atom. The normalized spacial score (nSPS) is 20.1. The van der Waals surface area contributed by atoms with E-state index in [1.807, 2.05) is 0 Å². The van der Waals surface area contributed by atoms with Gasteiger partial charge in [0.05, 0.1) is 10.8 Å². The first-order valence-corrected chi connectivity index (χ1v) is 11.7. The highest BCUT2D eigenvalue weighted by atomic mass is 32.2. The van der Waals surface area contributed by atoms with E-state index < -0.39 is 27.7 Å². The number of carbonyl (C=O) groups is 2. The minimum Gasteiger partial charge on any atom is -0.326 e. The van der Waals surface area contributed by atoms with Gasteiger partial charge >= 0.3 is 0 Å². The van der Waals surface area contributed by atoms with Crippen LogP contribution in [0.1, 0.15) is 37.7 Å². The Hall–Kier alpha value is -2.78. The summed E-state index contributed by atoms with van der Waals surface area (Å²) in [6.07, 6.45) is 1.63. The van der Waals surface area contributed by atoms with Crippen LogP contribution in [0.3, 0.4) is 0 Å². The third-order valence-corrected chi connectivity index (χ3v) is 7.79. The lowest BCUT2D eigenvalue weighted by Gasteiger charge is -2.29. The first-order valence-electron chi connectivity index (χ1n) is 10.2. The molecule has 1 atom stereocenters. The van der Waals surface area contributed by atoms with Crippen molar-refractivity contribution in [1.82, 2.24) is 4.31 Å². The molecule has 2 aliphatic rings. The summed E-state index contributed by atoms with van der Waals surface area (Å²) in [7, 11) is -3.57. The van der Waals surface area contributed by atoms with E-state index in [2.05, 4.69) is 17.6 Å². The molecule has 2 heterocycles. The molecule has 2 aromatic rings. The Morgan fingerprint density at radius 3 is 2.48 bits per heavy atom. The van der Waals surface area contributed by atoms with Crippen molar-refractivity contribution in [1.29, 1.82) is 0 Å². The van der Waals surface area contributed by atoms with Crippen LogP contribution in [0.15, 0.2) is 47.4 Å². The van der Waals surface area contributed by atoms with Crippen LogP contribution >= 0.6 is 0 Å². The van der Waals surface area contributed by atoms with Crippen LogP contribution in [0.4, 0.5) is 15.8 Å². The first kappa shape index (κ1) is 21.5. The molecule has 2 amide bonds. The number of carbonyl (C=O) groups excluding carboxylic acids is 2. The van der Waals surface area contributed by atoms with Gasteiger partial charge in [-0.1, -0.05) is 13.0 Å². The number of rotatable bonds is 4. The predicted octanol–water partition coefficient (Wildman–Crippen LogP) is 3.31. The third-order valence-electron chi connectivity index (χ3n) is 5.87. The number of nitrogens with zero attached hydrogens (tertiary/aromatic N) is 1. The summed E-state index contributed by atoms with van der Waals surface area (Å²) in [5.41, 5.74) is 1.25. The molecule has 31 heavy (non-hydrogen) atoms. The molecule has 0 radical (unpaired) electrons. The molecule has 1 fully saturated rings. The minimum absolute atomic E-state index is 0.0513. The van der Waals surface area contributed by atoms with Crippen molar-refractivity contribution in [3.63, 3.8) is 0 Å². The number of fused-ring (bicyclic) bond motifs is 1. The van der Waals surface area contributed by atoms with Crippen molar-refractivity contribution in [3.8, 4) is 0 Å². The quantitative estimate of drug-likeness (QED) is 0.755. The van der Waals surface area contributed by atoms with Crippen molar-refractivity contribution >= 4 is 33.2 Å². The highest BCUT2D eigenvalue weighted by Gasteiger charge is 2.31. The second-order valence-electron chi connectivity index (χ2n) is 8.14. The summed E-state index contributed by atoms with van der Waals surface area (Å²) in [6, 6.07) is 9.94. The number of benzene rings is 2. The van der Waals surface area contributed by atoms with Gasteiger partial charge in [-0.05, 0) is 60.7 Å². The second-order valence-corrected chi connectivity index (χ2v) is 10.1.